The van der Waals surface area contributed by atoms with Gasteiger partial charge in [-0.3, -0.25) is 4.57 Å². The summed E-state index contributed by atoms with van der Waals surface area (Å²) in [7, 11) is -0.683. The van der Waals surface area contributed by atoms with Crippen molar-refractivity contribution >= 4 is 32.4 Å². The second-order valence-corrected chi connectivity index (χ2v) is 9.70. The molecule has 1 aliphatic carbocycles. The van der Waals surface area contributed by atoms with E-state index in [0.717, 1.165) is 18.3 Å². The SMILES string of the molecule is C[C@H](NS(=O)(=O)c1ccc(-c2c(C#N)c3cc(N(C)C)cnc3n2C2=CC=C2)cc1)C(F)(F)F. The average Bonchev–Trinajstić information content (AvgIpc) is 3.05. The van der Waals surface area contributed by atoms with Gasteiger partial charge >= 0.3 is 6.18 Å². The highest BCUT2D eigenvalue weighted by atomic mass is 32.2. The molecule has 1 aromatic carbocycles. The first kappa shape index (κ1) is 23.5. The van der Waals surface area contributed by atoms with Crippen LogP contribution in [0.3, 0.4) is 0 Å². The summed E-state index contributed by atoms with van der Waals surface area (Å²) in [4.78, 5) is 6.10. The van der Waals surface area contributed by atoms with E-state index in [1.165, 1.54) is 24.3 Å². The molecule has 34 heavy (non-hydrogen) atoms. The molecule has 4 rings (SSSR count). The number of nitrogens with one attached hydrogen (secondary N) is 1. The Morgan fingerprint density at radius 2 is 1.85 bits per heavy atom. The summed E-state index contributed by atoms with van der Waals surface area (Å²) >= 11 is 0. The molecule has 1 N–H and O–H groups in total. The molecular weight excluding hydrogens is 467 g/mol. The molecule has 1 aliphatic rings. The largest absolute Gasteiger partial charge is 0.404 e. The molecule has 0 saturated heterocycles. The summed E-state index contributed by atoms with van der Waals surface area (Å²) in [5.74, 6) is 0. The number of nitrogens with zero attached hydrogens (tertiary/aromatic N) is 4. The van der Waals surface area contributed by atoms with Crippen LogP contribution in [-0.4, -0.2) is 44.3 Å². The fourth-order valence-corrected chi connectivity index (χ4v) is 4.76. The molecule has 0 saturated carbocycles. The molecule has 3 aromatic rings. The fourth-order valence-electron chi connectivity index (χ4n) is 3.53. The zero-order chi connectivity index (χ0) is 24.8. The van der Waals surface area contributed by atoms with Crippen molar-refractivity contribution in [3.63, 3.8) is 0 Å². The first-order chi connectivity index (χ1) is 15.9. The maximum atomic E-state index is 12.8. The number of hydrogen-bond donors (Lipinski definition) is 1. The number of halogens is 3. The van der Waals surface area contributed by atoms with Crippen LogP contribution < -0.4 is 9.62 Å². The van der Waals surface area contributed by atoms with E-state index in [9.17, 15) is 26.9 Å². The van der Waals surface area contributed by atoms with Crippen molar-refractivity contribution in [1.29, 1.82) is 5.26 Å². The quantitative estimate of drug-likeness (QED) is 0.561. The molecule has 0 amide bonds. The molecule has 0 aliphatic heterocycles. The van der Waals surface area contributed by atoms with Crippen molar-refractivity contribution in [3.8, 4) is 17.3 Å². The molecule has 176 valence electrons. The highest BCUT2D eigenvalue weighted by molar-refractivity contribution is 7.89. The van der Waals surface area contributed by atoms with E-state index in [4.69, 9.17) is 0 Å². The van der Waals surface area contributed by atoms with Crippen LogP contribution in [0.5, 0.6) is 0 Å². The van der Waals surface area contributed by atoms with Gasteiger partial charge in [0.1, 0.15) is 17.8 Å². The summed E-state index contributed by atoms with van der Waals surface area (Å²) < 4.78 is 66.8. The number of aromatic nitrogens is 2. The van der Waals surface area contributed by atoms with Crippen LogP contribution in [-0.2, 0) is 10.0 Å². The normalized spacial score (nSPS) is 14.4. The van der Waals surface area contributed by atoms with Gasteiger partial charge in [-0.05, 0) is 37.3 Å². The molecule has 0 bridgehead atoms. The van der Waals surface area contributed by atoms with Crippen molar-refractivity contribution in [2.24, 2.45) is 0 Å². The van der Waals surface area contributed by atoms with Gasteiger partial charge in [0, 0.05) is 30.7 Å². The van der Waals surface area contributed by atoms with Gasteiger partial charge in [-0.25, -0.2) is 13.4 Å². The van der Waals surface area contributed by atoms with Gasteiger partial charge in [0.2, 0.25) is 10.0 Å². The van der Waals surface area contributed by atoms with Crippen LogP contribution in [0.15, 0.2) is 59.7 Å². The number of benzene rings is 1. The first-order valence-electron chi connectivity index (χ1n) is 10.1. The van der Waals surface area contributed by atoms with E-state index in [2.05, 4.69) is 11.1 Å². The highest BCUT2D eigenvalue weighted by Crippen LogP contribution is 2.38. The third kappa shape index (κ3) is 4.06. The molecule has 7 nitrogen and oxygen atoms in total. The van der Waals surface area contributed by atoms with Crippen LogP contribution in [0, 0.1) is 11.3 Å². The summed E-state index contributed by atoms with van der Waals surface area (Å²) in [6.07, 6.45) is 2.53. The van der Waals surface area contributed by atoms with E-state index in [1.807, 2.05) is 43.3 Å². The lowest BCUT2D eigenvalue weighted by Gasteiger charge is -2.18. The molecular formula is C23H20F3N5O2S. The summed E-state index contributed by atoms with van der Waals surface area (Å²) in [6.45, 7) is 0.735. The topological polar surface area (TPSA) is 91.0 Å². The summed E-state index contributed by atoms with van der Waals surface area (Å²) in [6, 6.07) is 7.21. The number of hydrogen-bond acceptors (Lipinski definition) is 5. The number of anilines is 1. The number of nitriles is 1. The Balaban J connectivity index is 1.83. The Bertz CT molecular complexity index is 1480. The Labute approximate surface area is 194 Å². The second kappa shape index (κ2) is 8.30. The fraction of sp³-hybridized carbons (Fsp3) is 0.217. The highest BCUT2D eigenvalue weighted by Gasteiger charge is 2.38. The Morgan fingerprint density at radius 1 is 1.21 bits per heavy atom. The van der Waals surface area contributed by atoms with Crippen LogP contribution in [0.4, 0.5) is 18.9 Å². The van der Waals surface area contributed by atoms with E-state index in [1.54, 1.807) is 15.5 Å². The number of rotatable bonds is 6. The van der Waals surface area contributed by atoms with Crippen molar-refractivity contribution in [2.75, 3.05) is 19.0 Å². The minimum atomic E-state index is -4.71. The Morgan fingerprint density at radius 3 is 2.35 bits per heavy atom. The van der Waals surface area contributed by atoms with Crippen LogP contribution in [0.2, 0.25) is 0 Å². The van der Waals surface area contributed by atoms with Gasteiger partial charge in [-0.2, -0.15) is 23.2 Å². The van der Waals surface area contributed by atoms with Crippen LogP contribution in [0.25, 0.3) is 28.0 Å². The van der Waals surface area contributed by atoms with E-state index in [0.29, 0.717) is 27.9 Å². The van der Waals surface area contributed by atoms with Gasteiger partial charge in [0.05, 0.1) is 28.0 Å². The smallest absolute Gasteiger partial charge is 0.376 e. The Hall–Kier alpha value is -3.62. The first-order valence-corrected chi connectivity index (χ1v) is 11.6. The minimum Gasteiger partial charge on any atom is -0.376 e. The Kier molecular flexibility index (Phi) is 5.75. The molecule has 2 aromatic heterocycles. The zero-order valence-corrected chi connectivity index (χ0v) is 19.2. The van der Waals surface area contributed by atoms with E-state index >= 15 is 0 Å². The predicted molar refractivity (Wildman–Crippen MR) is 123 cm³/mol. The number of pyridine rings is 1. The molecule has 2 heterocycles. The number of allylic oxidation sites excluding steroid dienone is 4. The molecule has 1 atom stereocenters. The minimum absolute atomic E-state index is 0.315. The van der Waals surface area contributed by atoms with Gasteiger partial charge < -0.3 is 4.90 Å². The monoisotopic (exact) mass is 487 g/mol. The van der Waals surface area contributed by atoms with Gasteiger partial charge in [0.15, 0.2) is 0 Å². The van der Waals surface area contributed by atoms with Crippen molar-refractivity contribution in [3.05, 3.63) is 60.3 Å². The molecule has 0 fully saturated rings. The third-order valence-electron chi connectivity index (χ3n) is 5.48. The van der Waals surface area contributed by atoms with E-state index < -0.39 is 22.2 Å². The van der Waals surface area contributed by atoms with Crippen molar-refractivity contribution in [2.45, 2.75) is 24.0 Å². The maximum Gasteiger partial charge on any atom is 0.404 e. The van der Waals surface area contributed by atoms with E-state index in [-0.39, 0.29) is 4.90 Å². The molecule has 0 spiro atoms. The predicted octanol–water partition coefficient (Wildman–Crippen LogP) is 4.28. The lowest BCUT2D eigenvalue weighted by atomic mass is 10.1. The number of alkyl halides is 3. The lowest BCUT2D eigenvalue weighted by Crippen LogP contribution is -2.42. The number of sulfonamides is 1. The van der Waals surface area contributed by atoms with Gasteiger partial charge in [-0.1, -0.05) is 18.2 Å². The summed E-state index contributed by atoms with van der Waals surface area (Å²) in [5.41, 5.74) is 3.54. The van der Waals surface area contributed by atoms with Crippen molar-refractivity contribution in [1.82, 2.24) is 14.3 Å². The van der Waals surface area contributed by atoms with Crippen molar-refractivity contribution < 1.29 is 21.6 Å². The lowest BCUT2D eigenvalue weighted by molar-refractivity contribution is -0.147. The van der Waals surface area contributed by atoms with Crippen LogP contribution >= 0.6 is 0 Å². The molecule has 11 heteroatoms. The molecule has 0 radical (unpaired) electrons. The standard InChI is InChI=1S/C23H20F3N5O2S/c1-14(23(24,25)26)29-34(32,33)18-9-7-15(8-10-18)21-20(12-27)19-11-17(30(2)3)13-28-22(19)31(21)16-5-4-6-16/h4-11,13-14,29H,1-3H3/t14-/m0/s1. The zero-order valence-electron chi connectivity index (χ0n) is 18.4. The van der Waals surface area contributed by atoms with Gasteiger partial charge in [-0.15, -0.1) is 0 Å². The second-order valence-electron chi connectivity index (χ2n) is 7.99. The average molecular weight is 488 g/mol. The third-order valence-corrected chi connectivity index (χ3v) is 7.03. The maximum absolute atomic E-state index is 12.8. The number of fused-ring (bicyclic) bond motifs is 1. The van der Waals surface area contributed by atoms with Gasteiger partial charge in [0.25, 0.3) is 0 Å². The summed E-state index contributed by atoms with van der Waals surface area (Å²) in [5, 5.41) is 10.6. The van der Waals surface area contributed by atoms with Crippen LogP contribution in [0.1, 0.15) is 12.5 Å². The molecule has 0 unspecified atom stereocenters.